The summed E-state index contributed by atoms with van der Waals surface area (Å²) in [5.74, 6) is 0.789. The van der Waals surface area contributed by atoms with Crippen molar-refractivity contribution in [3.63, 3.8) is 0 Å². The minimum absolute atomic E-state index is 0.0155. The predicted molar refractivity (Wildman–Crippen MR) is 74.9 cm³/mol. The zero-order valence-electron chi connectivity index (χ0n) is 10.3. The first-order valence-electron chi connectivity index (χ1n) is 5.97. The molecule has 1 atom stereocenters. The summed E-state index contributed by atoms with van der Waals surface area (Å²) < 4.78 is 5.62. The number of hydrogen-bond donors (Lipinski definition) is 2. The van der Waals surface area contributed by atoms with Gasteiger partial charge in [-0.25, -0.2) is 0 Å². The Bertz CT molecular complexity index is 508. The molecule has 2 aromatic rings. The van der Waals surface area contributed by atoms with Crippen LogP contribution in [0.25, 0.3) is 0 Å². The van der Waals surface area contributed by atoms with E-state index < -0.39 is 0 Å². The van der Waals surface area contributed by atoms with E-state index in [0.717, 1.165) is 5.56 Å². The lowest BCUT2D eigenvalue weighted by atomic mass is 10.0. The van der Waals surface area contributed by atoms with E-state index in [4.69, 9.17) is 16.3 Å². The van der Waals surface area contributed by atoms with Crippen LogP contribution < -0.4 is 4.74 Å². The molecular formula is C15H15ClO3. The third-order valence-electron chi connectivity index (χ3n) is 2.85. The van der Waals surface area contributed by atoms with E-state index in [2.05, 4.69) is 0 Å². The molecule has 4 heteroatoms. The summed E-state index contributed by atoms with van der Waals surface area (Å²) >= 11 is 5.79. The van der Waals surface area contributed by atoms with E-state index in [1.807, 2.05) is 0 Å². The maximum absolute atomic E-state index is 9.41. The van der Waals surface area contributed by atoms with Gasteiger partial charge in [-0.15, -0.1) is 0 Å². The van der Waals surface area contributed by atoms with Gasteiger partial charge in [0.15, 0.2) is 0 Å². The topological polar surface area (TPSA) is 49.7 Å². The molecule has 19 heavy (non-hydrogen) atoms. The van der Waals surface area contributed by atoms with Crippen molar-refractivity contribution in [3.05, 3.63) is 59.1 Å². The molecule has 2 N–H and O–H groups in total. The Hall–Kier alpha value is -1.71. The molecule has 100 valence electrons. The van der Waals surface area contributed by atoms with Crippen molar-refractivity contribution >= 4 is 11.6 Å². The van der Waals surface area contributed by atoms with Crippen LogP contribution in [0.1, 0.15) is 11.5 Å². The number of aliphatic hydroxyl groups is 1. The van der Waals surface area contributed by atoms with Gasteiger partial charge in [0.1, 0.15) is 11.5 Å². The average Bonchev–Trinajstić information content (AvgIpc) is 2.43. The molecule has 0 heterocycles. The van der Waals surface area contributed by atoms with Gasteiger partial charge in [-0.1, -0.05) is 23.7 Å². The summed E-state index contributed by atoms with van der Waals surface area (Å²) in [6.07, 6.45) is 0. The Morgan fingerprint density at radius 2 is 1.63 bits per heavy atom. The largest absolute Gasteiger partial charge is 0.508 e. The Morgan fingerprint density at radius 1 is 1.00 bits per heavy atom. The number of rotatable bonds is 5. The molecule has 0 saturated heterocycles. The summed E-state index contributed by atoms with van der Waals surface area (Å²) in [5, 5.41) is 19.3. The molecule has 0 aliphatic heterocycles. The lowest BCUT2D eigenvalue weighted by Gasteiger charge is -2.16. The van der Waals surface area contributed by atoms with Crippen molar-refractivity contribution in [3.8, 4) is 11.5 Å². The molecule has 0 radical (unpaired) electrons. The smallest absolute Gasteiger partial charge is 0.119 e. The number of ether oxygens (including phenoxy) is 1. The fourth-order valence-electron chi connectivity index (χ4n) is 1.73. The van der Waals surface area contributed by atoms with E-state index in [0.29, 0.717) is 17.4 Å². The van der Waals surface area contributed by atoms with Crippen LogP contribution >= 0.6 is 11.6 Å². The highest BCUT2D eigenvalue weighted by atomic mass is 35.5. The molecule has 0 aliphatic carbocycles. The van der Waals surface area contributed by atoms with Crippen molar-refractivity contribution in [1.82, 2.24) is 0 Å². The van der Waals surface area contributed by atoms with E-state index in [1.165, 1.54) is 0 Å². The number of hydrogen-bond acceptors (Lipinski definition) is 3. The number of aliphatic hydroxyl groups excluding tert-OH is 1. The normalized spacial score (nSPS) is 12.1. The van der Waals surface area contributed by atoms with Gasteiger partial charge in [0, 0.05) is 10.9 Å². The monoisotopic (exact) mass is 278 g/mol. The van der Waals surface area contributed by atoms with Crippen LogP contribution in [0, 0.1) is 0 Å². The van der Waals surface area contributed by atoms with Crippen molar-refractivity contribution in [2.75, 3.05) is 13.2 Å². The second-order valence-corrected chi connectivity index (χ2v) is 4.67. The second kappa shape index (κ2) is 6.45. The van der Waals surface area contributed by atoms with Crippen LogP contribution in [0.4, 0.5) is 0 Å². The van der Waals surface area contributed by atoms with Crippen molar-refractivity contribution in [2.45, 2.75) is 5.92 Å². The molecule has 0 aliphatic rings. The molecular weight excluding hydrogens is 264 g/mol. The first-order chi connectivity index (χ1) is 9.19. The SMILES string of the molecule is OCC(COc1ccc(Cl)cc1)c1ccc(O)cc1. The maximum atomic E-state index is 9.41. The highest BCUT2D eigenvalue weighted by Crippen LogP contribution is 2.21. The van der Waals surface area contributed by atoms with E-state index in [-0.39, 0.29) is 18.3 Å². The Balaban J connectivity index is 1.99. The summed E-state index contributed by atoms with van der Waals surface area (Å²) in [6, 6.07) is 13.8. The van der Waals surface area contributed by atoms with Crippen LogP contribution in [0.5, 0.6) is 11.5 Å². The van der Waals surface area contributed by atoms with Gasteiger partial charge in [-0.2, -0.15) is 0 Å². The van der Waals surface area contributed by atoms with Crippen LogP contribution in [-0.2, 0) is 0 Å². The predicted octanol–water partition coefficient (Wildman–Crippen LogP) is 3.20. The van der Waals surface area contributed by atoms with E-state index >= 15 is 0 Å². The lowest BCUT2D eigenvalue weighted by Crippen LogP contribution is -2.14. The third kappa shape index (κ3) is 3.88. The summed E-state index contributed by atoms with van der Waals surface area (Å²) in [6.45, 7) is 0.348. The van der Waals surface area contributed by atoms with E-state index in [1.54, 1.807) is 48.5 Å². The Labute approximate surface area is 117 Å². The Morgan fingerprint density at radius 3 is 2.21 bits per heavy atom. The molecule has 0 amide bonds. The lowest BCUT2D eigenvalue weighted by molar-refractivity contribution is 0.205. The molecule has 2 rings (SSSR count). The van der Waals surface area contributed by atoms with Crippen molar-refractivity contribution in [2.24, 2.45) is 0 Å². The highest BCUT2D eigenvalue weighted by molar-refractivity contribution is 6.30. The van der Waals surface area contributed by atoms with Crippen molar-refractivity contribution in [1.29, 1.82) is 0 Å². The number of aromatic hydroxyl groups is 1. The van der Waals surface area contributed by atoms with Gasteiger partial charge in [-0.3, -0.25) is 0 Å². The summed E-state index contributed by atoms with van der Waals surface area (Å²) in [7, 11) is 0. The zero-order valence-corrected chi connectivity index (χ0v) is 11.0. The van der Waals surface area contributed by atoms with Crippen molar-refractivity contribution < 1.29 is 14.9 Å². The molecule has 0 spiro atoms. The average molecular weight is 279 g/mol. The molecule has 0 saturated carbocycles. The highest BCUT2D eigenvalue weighted by Gasteiger charge is 2.11. The molecule has 0 aromatic heterocycles. The standard InChI is InChI=1S/C15H15ClO3/c16-13-3-7-15(8-4-13)19-10-12(9-17)11-1-5-14(18)6-2-11/h1-8,12,17-18H,9-10H2. The van der Waals surface area contributed by atoms with Crippen LogP contribution in [0.15, 0.2) is 48.5 Å². The van der Waals surface area contributed by atoms with Gasteiger partial charge >= 0.3 is 0 Å². The van der Waals surface area contributed by atoms with Crippen LogP contribution in [0.3, 0.4) is 0 Å². The van der Waals surface area contributed by atoms with Gasteiger partial charge in [0.05, 0.1) is 13.2 Å². The molecule has 0 bridgehead atoms. The van der Waals surface area contributed by atoms with Gasteiger partial charge in [-0.05, 0) is 42.0 Å². The Kier molecular flexibility index (Phi) is 4.66. The number of benzene rings is 2. The van der Waals surface area contributed by atoms with Crippen LogP contribution in [-0.4, -0.2) is 23.4 Å². The molecule has 0 fully saturated rings. The van der Waals surface area contributed by atoms with Crippen LogP contribution in [0.2, 0.25) is 5.02 Å². The number of halogens is 1. The molecule has 2 aromatic carbocycles. The van der Waals surface area contributed by atoms with Gasteiger partial charge in [0.25, 0.3) is 0 Å². The third-order valence-corrected chi connectivity index (χ3v) is 3.10. The fraction of sp³-hybridized carbons (Fsp3) is 0.200. The minimum Gasteiger partial charge on any atom is -0.508 e. The maximum Gasteiger partial charge on any atom is 0.119 e. The minimum atomic E-state index is -0.128. The fourth-order valence-corrected chi connectivity index (χ4v) is 1.85. The van der Waals surface area contributed by atoms with Gasteiger partial charge < -0.3 is 14.9 Å². The first kappa shape index (κ1) is 13.7. The van der Waals surface area contributed by atoms with E-state index in [9.17, 15) is 10.2 Å². The second-order valence-electron chi connectivity index (χ2n) is 4.24. The number of phenolic OH excluding ortho intramolecular Hbond substituents is 1. The first-order valence-corrected chi connectivity index (χ1v) is 6.35. The summed E-state index contributed by atoms with van der Waals surface area (Å²) in [5.41, 5.74) is 0.925. The number of phenols is 1. The molecule has 1 unspecified atom stereocenters. The zero-order chi connectivity index (χ0) is 13.7. The quantitative estimate of drug-likeness (QED) is 0.883. The van der Waals surface area contributed by atoms with Gasteiger partial charge in [0.2, 0.25) is 0 Å². The molecule has 3 nitrogen and oxygen atoms in total. The summed E-state index contributed by atoms with van der Waals surface area (Å²) in [4.78, 5) is 0.